The highest BCUT2D eigenvalue weighted by Gasteiger charge is 2.47. The molecule has 0 amide bonds. The number of hydrogen-bond donors (Lipinski definition) is 0. The van der Waals surface area contributed by atoms with Crippen molar-refractivity contribution in [2.75, 3.05) is 0 Å². The Morgan fingerprint density at radius 3 is 2.47 bits per heavy atom. The van der Waals surface area contributed by atoms with E-state index in [1.807, 2.05) is 18.2 Å². The van der Waals surface area contributed by atoms with Crippen LogP contribution in [0.1, 0.15) is 45.7 Å². The Morgan fingerprint density at radius 2 is 1.94 bits per heavy atom. The molecule has 1 atom stereocenters. The van der Waals surface area contributed by atoms with Crippen molar-refractivity contribution in [1.82, 2.24) is 0 Å². The summed E-state index contributed by atoms with van der Waals surface area (Å²) in [5, 5.41) is 8.97. The van der Waals surface area contributed by atoms with Crippen molar-refractivity contribution < 1.29 is 4.74 Å². The van der Waals surface area contributed by atoms with Crippen LogP contribution < -0.4 is 4.74 Å². The Balaban J connectivity index is 2.52. The molecule has 17 heavy (non-hydrogen) atoms. The molecular weight excluding hydrogens is 210 g/mol. The van der Waals surface area contributed by atoms with Crippen molar-refractivity contribution in [1.29, 1.82) is 5.26 Å². The molecule has 1 aliphatic rings. The van der Waals surface area contributed by atoms with Gasteiger partial charge in [0.25, 0.3) is 0 Å². The highest BCUT2D eigenvalue weighted by molar-refractivity contribution is 5.49. The van der Waals surface area contributed by atoms with E-state index in [0.717, 1.165) is 11.3 Å². The van der Waals surface area contributed by atoms with Gasteiger partial charge in [0.15, 0.2) is 0 Å². The van der Waals surface area contributed by atoms with Crippen molar-refractivity contribution >= 4 is 0 Å². The summed E-state index contributed by atoms with van der Waals surface area (Å²) in [4.78, 5) is 0. The third-order valence-corrected chi connectivity index (χ3v) is 3.49. The molecule has 2 nitrogen and oxygen atoms in total. The Morgan fingerprint density at radius 1 is 1.29 bits per heavy atom. The van der Waals surface area contributed by atoms with Gasteiger partial charge < -0.3 is 4.74 Å². The maximum atomic E-state index is 8.97. The van der Waals surface area contributed by atoms with E-state index in [1.165, 1.54) is 0 Å². The van der Waals surface area contributed by atoms with Crippen LogP contribution in [0, 0.1) is 16.7 Å². The van der Waals surface area contributed by atoms with Gasteiger partial charge in [0.1, 0.15) is 11.9 Å². The summed E-state index contributed by atoms with van der Waals surface area (Å²) in [6, 6.07) is 7.89. The predicted octanol–water partition coefficient (Wildman–Crippen LogP) is 3.64. The minimum atomic E-state index is -0.0551. The van der Waals surface area contributed by atoms with Crippen LogP contribution in [0.2, 0.25) is 0 Å². The highest BCUT2D eigenvalue weighted by Crippen LogP contribution is 2.48. The molecule has 0 spiro atoms. The van der Waals surface area contributed by atoms with Gasteiger partial charge in [-0.2, -0.15) is 5.26 Å². The number of benzene rings is 1. The lowest BCUT2D eigenvalue weighted by molar-refractivity contribution is 0.0562. The fraction of sp³-hybridized carbons (Fsp3) is 0.533. The maximum absolute atomic E-state index is 8.97. The summed E-state index contributed by atoms with van der Waals surface area (Å²) in [6.07, 6.45) is 0.138. The molecule has 1 heterocycles. The minimum Gasteiger partial charge on any atom is -0.489 e. The number of ether oxygens (including phenoxy) is 1. The Bertz CT molecular complexity index is 489. The molecule has 90 valence electrons. The van der Waals surface area contributed by atoms with Gasteiger partial charge in [0.05, 0.1) is 11.6 Å². The number of nitrogens with zero attached hydrogens (tertiary/aromatic N) is 1. The number of rotatable bonds is 0. The summed E-state index contributed by atoms with van der Waals surface area (Å²) in [5.74, 6) is 0.925. The van der Waals surface area contributed by atoms with Gasteiger partial charge in [0.2, 0.25) is 0 Å². The third kappa shape index (κ3) is 1.80. The maximum Gasteiger partial charge on any atom is 0.123 e. The fourth-order valence-corrected chi connectivity index (χ4v) is 2.88. The van der Waals surface area contributed by atoms with Crippen LogP contribution in [0.5, 0.6) is 5.75 Å². The molecule has 0 radical (unpaired) electrons. The van der Waals surface area contributed by atoms with Crippen LogP contribution in [0.3, 0.4) is 0 Å². The first-order chi connectivity index (χ1) is 7.76. The first-order valence-corrected chi connectivity index (χ1v) is 5.98. The van der Waals surface area contributed by atoms with Crippen molar-refractivity contribution in [3.8, 4) is 11.8 Å². The van der Waals surface area contributed by atoms with Gasteiger partial charge in [-0.05, 0) is 23.6 Å². The van der Waals surface area contributed by atoms with Crippen LogP contribution in [0.25, 0.3) is 0 Å². The largest absolute Gasteiger partial charge is 0.489 e. The highest BCUT2D eigenvalue weighted by atomic mass is 16.5. The summed E-state index contributed by atoms with van der Waals surface area (Å²) < 4.78 is 6.08. The van der Waals surface area contributed by atoms with Crippen LogP contribution in [-0.2, 0) is 5.41 Å². The summed E-state index contributed by atoms with van der Waals surface area (Å²) in [6.45, 7) is 11.0. The lowest BCUT2D eigenvalue weighted by Crippen LogP contribution is -2.42. The monoisotopic (exact) mass is 229 g/mol. The topological polar surface area (TPSA) is 33.0 Å². The molecule has 1 unspecified atom stereocenters. The first-order valence-electron chi connectivity index (χ1n) is 5.98. The molecule has 0 N–H and O–H groups in total. The van der Waals surface area contributed by atoms with Crippen LogP contribution in [-0.4, -0.2) is 6.10 Å². The third-order valence-electron chi connectivity index (χ3n) is 3.49. The molecule has 2 rings (SSSR count). The van der Waals surface area contributed by atoms with E-state index in [1.54, 1.807) is 0 Å². The molecule has 1 aliphatic heterocycles. The van der Waals surface area contributed by atoms with Crippen LogP contribution in [0.15, 0.2) is 18.2 Å². The van der Waals surface area contributed by atoms with Crippen LogP contribution >= 0.6 is 0 Å². The zero-order chi connectivity index (χ0) is 12.8. The normalized spacial score (nSPS) is 21.5. The van der Waals surface area contributed by atoms with E-state index >= 15 is 0 Å². The van der Waals surface area contributed by atoms with E-state index in [-0.39, 0.29) is 16.9 Å². The first kappa shape index (κ1) is 12.0. The molecule has 0 fully saturated rings. The van der Waals surface area contributed by atoms with Crippen LogP contribution in [0.4, 0.5) is 0 Å². The van der Waals surface area contributed by atoms with Gasteiger partial charge in [0, 0.05) is 11.0 Å². The molecule has 0 aromatic heterocycles. The standard InChI is InChI=1S/C15H19NO/c1-14(2,3)13-15(4,5)11-8-10(9-16)6-7-12(11)17-13/h6-8,13H,1-5H3. The number of nitriles is 1. The SMILES string of the molecule is CC(C)(C)C1Oc2ccc(C#N)cc2C1(C)C. The number of hydrogen-bond acceptors (Lipinski definition) is 2. The number of fused-ring (bicyclic) bond motifs is 1. The lowest BCUT2D eigenvalue weighted by atomic mass is 9.71. The second kappa shape index (κ2) is 3.50. The molecule has 2 heteroatoms. The second-order valence-electron chi connectivity index (χ2n) is 6.41. The van der Waals surface area contributed by atoms with Gasteiger partial charge in [-0.25, -0.2) is 0 Å². The van der Waals surface area contributed by atoms with Crippen molar-refractivity contribution in [2.24, 2.45) is 5.41 Å². The van der Waals surface area contributed by atoms with Gasteiger partial charge >= 0.3 is 0 Å². The Hall–Kier alpha value is -1.49. The van der Waals surface area contributed by atoms with E-state index in [0.29, 0.717) is 5.56 Å². The molecule has 1 aromatic carbocycles. The van der Waals surface area contributed by atoms with E-state index in [4.69, 9.17) is 10.00 Å². The van der Waals surface area contributed by atoms with Crippen molar-refractivity contribution in [2.45, 2.75) is 46.1 Å². The van der Waals surface area contributed by atoms with Gasteiger partial charge in [-0.3, -0.25) is 0 Å². The summed E-state index contributed by atoms with van der Waals surface area (Å²) in [5.41, 5.74) is 1.88. The summed E-state index contributed by atoms with van der Waals surface area (Å²) in [7, 11) is 0. The molecule has 0 bridgehead atoms. The molecule has 0 aliphatic carbocycles. The molecular formula is C15H19NO. The predicted molar refractivity (Wildman–Crippen MR) is 68.1 cm³/mol. The van der Waals surface area contributed by atoms with E-state index in [2.05, 4.69) is 40.7 Å². The van der Waals surface area contributed by atoms with Crippen molar-refractivity contribution in [3.05, 3.63) is 29.3 Å². The quantitative estimate of drug-likeness (QED) is 0.680. The fourth-order valence-electron chi connectivity index (χ4n) is 2.88. The average Bonchev–Trinajstić information content (AvgIpc) is 2.50. The average molecular weight is 229 g/mol. The van der Waals surface area contributed by atoms with E-state index in [9.17, 15) is 0 Å². The zero-order valence-corrected chi connectivity index (χ0v) is 11.2. The minimum absolute atomic E-state index is 0.0551. The van der Waals surface area contributed by atoms with Crippen molar-refractivity contribution in [3.63, 3.8) is 0 Å². The molecule has 0 saturated carbocycles. The second-order valence-corrected chi connectivity index (χ2v) is 6.41. The van der Waals surface area contributed by atoms with E-state index < -0.39 is 0 Å². The zero-order valence-electron chi connectivity index (χ0n) is 11.2. The van der Waals surface area contributed by atoms with Gasteiger partial charge in [-0.15, -0.1) is 0 Å². The summed E-state index contributed by atoms with van der Waals surface area (Å²) >= 11 is 0. The Kier molecular flexibility index (Phi) is 2.47. The van der Waals surface area contributed by atoms with Gasteiger partial charge in [-0.1, -0.05) is 34.6 Å². The lowest BCUT2D eigenvalue weighted by Gasteiger charge is -2.36. The molecule has 0 saturated heterocycles. The Labute approximate surface area is 103 Å². The molecule has 1 aromatic rings. The smallest absolute Gasteiger partial charge is 0.123 e.